The molecule has 4 nitrogen and oxygen atoms in total. The maximum Gasteiger partial charge on any atom is 0.157 e. The molecular formula is C13H20ClNO3. The summed E-state index contributed by atoms with van der Waals surface area (Å²) in [6.07, 6.45) is -0.0300. The van der Waals surface area contributed by atoms with Crippen LogP contribution < -0.4 is 0 Å². The van der Waals surface area contributed by atoms with Crippen LogP contribution in [0.4, 0.5) is 0 Å². The molecule has 2 N–H and O–H groups in total. The Labute approximate surface area is 114 Å². The second-order valence-corrected chi connectivity index (χ2v) is 4.70. The van der Waals surface area contributed by atoms with Crippen molar-refractivity contribution in [2.24, 2.45) is 0 Å². The highest BCUT2D eigenvalue weighted by Crippen LogP contribution is 2.30. The molecule has 0 aliphatic carbocycles. The molecule has 18 heavy (non-hydrogen) atoms. The van der Waals surface area contributed by atoms with Crippen molar-refractivity contribution in [2.75, 3.05) is 19.7 Å². The molecule has 0 saturated carbocycles. The molecule has 0 spiro atoms. The van der Waals surface area contributed by atoms with Crippen molar-refractivity contribution < 1.29 is 14.9 Å². The zero-order chi connectivity index (χ0) is 12.4. The van der Waals surface area contributed by atoms with Crippen LogP contribution in [-0.2, 0) is 4.74 Å². The molecule has 0 aromatic heterocycles. The van der Waals surface area contributed by atoms with Gasteiger partial charge >= 0.3 is 0 Å². The Morgan fingerprint density at radius 3 is 2.61 bits per heavy atom. The summed E-state index contributed by atoms with van der Waals surface area (Å²) >= 11 is 0. The zero-order valence-corrected chi connectivity index (χ0v) is 11.5. The number of hydrogen-bond donors (Lipinski definition) is 2. The summed E-state index contributed by atoms with van der Waals surface area (Å²) in [5.41, 5.74) is 0.908. The fourth-order valence-corrected chi connectivity index (χ4v) is 2.08. The van der Waals surface area contributed by atoms with E-state index in [1.165, 1.54) is 6.07 Å². The average Bonchev–Trinajstić information content (AvgIpc) is 2.33. The largest absolute Gasteiger partial charge is 0.504 e. The van der Waals surface area contributed by atoms with E-state index in [0.717, 1.165) is 18.7 Å². The predicted octanol–water partition coefficient (Wildman–Crippen LogP) is 2.30. The number of phenolic OH excluding ortho intramolecular Hbond substituents is 2. The van der Waals surface area contributed by atoms with Gasteiger partial charge in [0.15, 0.2) is 11.5 Å². The number of halogens is 1. The molecule has 2 rings (SSSR count). The Hall–Kier alpha value is -0.970. The van der Waals surface area contributed by atoms with Crippen molar-refractivity contribution in [3.63, 3.8) is 0 Å². The van der Waals surface area contributed by atoms with Crippen LogP contribution in [0.15, 0.2) is 18.2 Å². The second-order valence-electron chi connectivity index (χ2n) is 4.70. The van der Waals surface area contributed by atoms with E-state index in [1.807, 2.05) is 0 Å². The van der Waals surface area contributed by atoms with Crippen LogP contribution in [-0.4, -0.2) is 40.9 Å². The molecule has 1 fully saturated rings. The number of ether oxygens (including phenoxy) is 1. The van der Waals surface area contributed by atoms with E-state index in [4.69, 9.17) is 4.74 Å². The minimum Gasteiger partial charge on any atom is -0.504 e. The van der Waals surface area contributed by atoms with E-state index in [9.17, 15) is 10.2 Å². The van der Waals surface area contributed by atoms with Crippen LogP contribution in [0.5, 0.6) is 11.5 Å². The van der Waals surface area contributed by atoms with Gasteiger partial charge in [-0.05, 0) is 31.5 Å². The fourth-order valence-electron chi connectivity index (χ4n) is 2.08. The third-order valence-electron chi connectivity index (χ3n) is 3.20. The van der Waals surface area contributed by atoms with E-state index in [0.29, 0.717) is 12.6 Å². The number of hydrogen-bond acceptors (Lipinski definition) is 4. The molecule has 1 aromatic rings. The first-order chi connectivity index (χ1) is 8.08. The normalized spacial score (nSPS) is 20.7. The standard InChI is InChI=1S/C13H19NO3.ClH/c1-9(2)14-5-6-17-13(8-14)10-3-4-11(15)12(16)7-10;/h3-4,7,9,13,15-16H,5-6,8H2,1-2H3;1H. The van der Waals surface area contributed by atoms with Gasteiger partial charge in [-0.3, -0.25) is 4.90 Å². The molecule has 102 valence electrons. The number of nitrogens with zero attached hydrogens (tertiary/aromatic N) is 1. The van der Waals surface area contributed by atoms with E-state index in [-0.39, 0.29) is 30.0 Å². The Morgan fingerprint density at radius 2 is 2.00 bits per heavy atom. The zero-order valence-electron chi connectivity index (χ0n) is 10.7. The van der Waals surface area contributed by atoms with Gasteiger partial charge in [-0.25, -0.2) is 0 Å². The average molecular weight is 274 g/mol. The van der Waals surface area contributed by atoms with E-state index < -0.39 is 0 Å². The van der Waals surface area contributed by atoms with E-state index in [2.05, 4.69) is 18.7 Å². The molecule has 1 saturated heterocycles. The number of rotatable bonds is 2. The molecule has 1 unspecified atom stereocenters. The molecule has 0 amide bonds. The first kappa shape index (κ1) is 15.1. The van der Waals surface area contributed by atoms with Gasteiger partial charge in [0.2, 0.25) is 0 Å². The number of phenols is 2. The summed E-state index contributed by atoms with van der Waals surface area (Å²) in [6.45, 7) is 6.79. The second kappa shape index (κ2) is 6.27. The smallest absolute Gasteiger partial charge is 0.157 e. The maximum atomic E-state index is 9.49. The highest BCUT2D eigenvalue weighted by Gasteiger charge is 2.23. The summed E-state index contributed by atoms with van der Waals surface area (Å²) in [4.78, 5) is 2.35. The van der Waals surface area contributed by atoms with Crippen LogP contribution in [0, 0.1) is 0 Å². The Morgan fingerprint density at radius 1 is 1.28 bits per heavy atom. The van der Waals surface area contributed by atoms with Gasteiger partial charge in [-0.1, -0.05) is 6.07 Å². The number of benzene rings is 1. The lowest BCUT2D eigenvalue weighted by atomic mass is 10.1. The van der Waals surface area contributed by atoms with Gasteiger partial charge in [0.1, 0.15) is 0 Å². The van der Waals surface area contributed by atoms with Crippen LogP contribution in [0.3, 0.4) is 0 Å². The molecule has 0 bridgehead atoms. The molecule has 1 heterocycles. The minimum absolute atomic E-state index is 0. The molecule has 0 radical (unpaired) electrons. The van der Waals surface area contributed by atoms with Crippen molar-refractivity contribution >= 4 is 12.4 Å². The molecular weight excluding hydrogens is 254 g/mol. The Kier molecular flexibility index (Phi) is 5.26. The van der Waals surface area contributed by atoms with Crippen molar-refractivity contribution in [2.45, 2.75) is 26.0 Å². The summed E-state index contributed by atoms with van der Waals surface area (Å²) < 4.78 is 5.70. The van der Waals surface area contributed by atoms with Gasteiger partial charge in [0.25, 0.3) is 0 Å². The summed E-state index contributed by atoms with van der Waals surface area (Å²) in [6, 6.07) is 5.36. The maximum absolute atomic E-state index is 9.49. The third-order valence-corrected chi connectivity index (χ3v) is 3.20. The van der Waals surface area contributed by atoms with E-state index in [1.54, 1.807) is 12.1 Å². The van der Waals surface area contributed by atoms with Crippen LogP contribution >= 0.6 is 12.4 Å². The third kappa shape index (κ3) is 3.28. The minimum atomic E-state index is -0.0923. The van der Waals surface area contributed by atoms with E-state index >= 15 is 0 Å². The van der Waals surface area contributed by atoms with Gasteiger partial charge in [0, 0.05) is 19.1 Å². The summed E-state index contributed by atoms with van der Waals surface area (Å²) in [7, 11) is 0. The van der Waals surface area contributed by atoms with Gasteiger partial charge in [0.05, 0.1) is 12.7 Å². The monoisotopic (exact) mass is 273 g/mol. The van der Waals surface area contributed by atoms with Crippen molar-refractivity contribution in [3.05, 3.63) is 23.8 Å². The number of morpholine rings is 1. The molecule has 5 heteroatoms. The van der Waals surface area contributed by atoms with Crippen molar-refractivity contribution in [1.29, 1.82) is 0 Å². The topological polar surface area (TPSA) is 52.9 Å². The first-order valence-electron chi connectivity index (χ1n) is 5.95. The summed E-state index contributed by atoms with van der Waals surface area (Å²) in [5, 5.41) is 18.8. The van der Waals surface area contributed by atoms with Gasteiger partial charge in [-0.2, -0.15) is 0 Å². The van der Waals surface area contributed by atoms with Crippen LogP contribution in [0.25, 0.3) is 0 Å². The molecule has 1 aliphatic heterocycles. The molecule has 1 atom stereocenters. The number of aromatic hydroxyl groups is 2. The highest BCUT2D eigenvalue weighted by atomic mass is 35.5. The quantitative estimate of drug-likeness (QED) is 0.812. The lowest BCUT2D eigenvalue weighted by molar-refractivity contribution is -0.0402. The first-order valence-corrected chi connectivity index (χ1v) is 5.95. The molecule has 1 aliphatic rings. The SMILES string of the molecule is CC(C)N1CCOC(c2ccc(O)c(O)c2)C1.Cl. The van der Waals surface area contributed by atoms with Crippen molar-refractivity contribution in [3.8, 4) is 11.5 Å². The lowest BCUT2D eigenvalue weighted by Gasteiger charge is -2.35. The van der Waals surface area contributed by atoms with Crippen LogP contribution in [0.1, 0.15) is 25.5 Å². The van der Waals surface area contributed by atoms with Crippen molar-refractivity contribution in [1.82, 2.24) is 4.90 Å². The Balaban J connectivity index is 0.00000162. The highest BCUT2D eigenvalue weighted by molar-refractivity contribution is 5.85. The predicted molar refractivity (Wildman–Crippen MR) is 72.4 cm³/mol. The Bertz CT molecular complexity index is 398. The van der Waals surface area contributed by atoms with Crippen LogP contribution in [0.2, 0.25) is 0 Å². The summed E-state index contributed by atoms with van der Waals surface area (Å²) in [5.74, 6) is -0.182. The van der Waals surface area contributed by atoms with Gasteiger partial charge in [-0.15, -0.1) is 12.4 Å². The fraction of sp³-hybridized carbons (Fsp3) is 0.538. The van der Waals surface area contributed by atoms with Gasteiger partial charge < -0.3 is 14.9 Å². The molecule has 1 aromatic carbocycles. The lowest BCUT2D eigenvalue weighted by Crippen LogP contribution is -2.42.